The van der Waals surface area contributed by atoms with E-state index in [9.17, 15) is 0 Å². The van der Waals surface area contributed by atoms with Crippen LogP contribution in [0.2, 0.25) is 5.02 Å². The highest BCUT2D eigenvalue weighted by Crippen LogP contribution is 2.25. The van der Waals surface area contributed by atoms with Crippen LogP contribution in [0.25, 0.3) is 0 Å². The van der Waals surface area contributed by atoms with Crippen molar-refractivity contribution in [3.8, 4) is 0 Å². The van der Waals surface area contributed by atoms with Gasteiger partial charge in [0.05, 0.1) is 17.7 Å². The molecule has 0 saturated carbocycles. The number of ether oxygens (including phenoxy) is 1. The lowest BCUT2D eigenvalue weighted by Gasteiger charge is -2.32. The third kappa shape index (κ3) is 2.45. The van der Waals surface area contributed by atoms with Gasteiger partial charge in [0.15, 0.2) is 0 Å². The number of pyridine rings is 1. The van der Waals surface area contributed by atoms with E-state index in [-0.39, 0.29) is 6.10 Å². The van der Waals surface area contributed by atoms with E-state index in [1.165, 1.54) is 0 Å². The van der Waals surface area contributed by atoms with Crippen LogP contribution in [0.4, 0.5) is 5.82 Å². The van der Waals surface area contributed by atoms with Crippen LogP contribution < -0.4 is 10.6 Å². The van der Waals surface area contributed by atoms with Crippen molar-refractivity contribution < 1.29 is 4.74 Å². The lowest BCUT2D eigenvalue weighted by atomic mass is 10.2. The molecule has 2 heterocycles. The van der Waals surface area contributed by atoms with Gasteiger partial charge in [-0.25, -0.2) is 4.98 Å². The predicted octanol–water partition coefficient (Wildman–Crippen LogP) is 1.42. The molecule has 0 radical (unpaired) electrons. The third-order valence-electron chi connectivity index (χ3n) is 2.65. The Morgan fingerprint density at radius 3 is 3.12 bits per heavy atom. The molecule has 1 aromatic rings. The molecular weight excluding hydrogens is 226 g/mol. The van der Waals surface area contributed by atoms with Crippen LogP contribution in [-0.4, -0.2) is 30.8 Å². The van der Waals surface area contributed by atoms with Gasteiger partial charge in [0, 0.05) is 25.8 Å². The zero-order chi connectivity index (χ0) is 11.5. The van der Waals surface area contributed by atoms with Gasteiger partial charge in [-0.3, -0.25) is 0 Å². The van der Waals surface area contributed by atoms with E-state index in [1.54, 1.807) is 6.20 Å². The van der Waals surface area contributed by atoms with Crippen molar-refractivity contribution in [2.75, 3.05) is 24.6 Å². The molecule has 0 aromatic carbocycles. The molecule has 1 fully saturated rings. The van der Waals surface area contributed by atoms with Crippen molar-refractivity contribution in [2.45, 2.75) is 19.6 Å². The van der Waals surface area contributed by atoms with Crippen molar-refractivity contribution >= 4 is 17.4 Å². The van der Waals surface area contributed by atoms with Gasteiger partial charge < -0.3 is 15.4 Å². The number of hydrogen-bond donors (Lipinski definition) is 1. The minimum Gasteiger partial charge on any atom is -0.375 e. The summed E-state index contributed by atoms with van der Waals surface area (Å²) in [6.07, 6.45) is 2.00. The molecule has 1 aromatic heterocycles. The smallest absolute Gasteiger partial charge is 0.147 e. The lowest BCUT2D eigenvalue weighted by molar-refractivity contribution is 0.0529. The number of halogens is 1. The van der Waals surface area contributed by atoms with Crippen molar-refractivity contribution in [1.29, 1.82) is 0 Å². The fourth-order valence-electron chi connectivity index (χ4n) is 1.83. The molecule has 1 aliphatic rings. The Morgan fingerprint density at radius 2 is 2.50 bits per heavy atom. The van der Waals surface area contributed by atoms with E-state index in [0.717, 1.165) is 31.1 Å². The van der Waals surface area contributed by atoms with Crippen LogP contribution in [0.3, 0.4) is 0 Å². The number of aromatic nitrogens is 1. The molecule has 0 bridgehead atoms. The summed E-state index contributed by atoms with van der Waals surface area (Å²) >= 11 is 6.19. The van der Waals surface area contributed by atoms with Gasteiger partial charge in [-0.05, 0) is 18.6 Å². The average Bonchev–Trinajstić information content (AvgIpc) is 2.28. The van der Waals surface area contributed by atoms with E-state index in [4.69, 9.17) is 22.1 Å². The Balaban J connectivity index is 2.19. The SMILES string of the molecule is CC1CN(c2ncc(CN)cc2Cl)CCO1. The molecule has 2 N–H and O–H groups in total. The van der Waals surface area contributed by atoms with Gasteiger partial charge in [0.1, 0.15) is 5.82 Å². The molecule has 1 aliphatic heterocycles. The summed E-state index contributed by atoms with van der Waals surface area (Å²) in [5.74, 6) is 0.828. The predicted molar refractivity (Wildman–Crippen MR) is 64.8 cm³/mol. The first-order chi connectivity index (χ1) is 7.70. The number of anilines is 1. The third-order valence-corrected chi connectivity index (χ3v) is 2.93. The van der Waals surface area contributed by atoms with E-state index in [2.05, 4.69) is 9.88 Å². The normalized spacial score (nSPS) is 21.2. The molecule has 1 unspecified atom stereocenters. The summed E-state index contributed by atoms with van der Waals surface area (Å²) in [6.45, 7) is 4.90. The van der Waals surface area contributed by atoms with Gasteiger partial charge in [-0.2, -0.15) is 0 Å². The monoisotopic (exact) mass is 241 g/mol. The molecule has 1 saturated heterocycles. The quantitative estimate of drug-likeness (QED) is 0.851. The Labute approximate surface area is 100 Å². The highest BCUT2D eigenvalue weighted by Gasteiger charge is 2.19. The molecule has 4 nitrogen and oxygen atoms in total. The number of nitrogens with two attached hydrogens (primary N) is 1. The molecule has 2 rings (SSSR count). The first kappa shape index (κ1) is 11.6. The topological polar surface area (TPSA) is 51.4 Å². The van der Waals surface area contributed by atoms with Crippen LogP contribution in [0.1, 0.15) is 12.5 Å². The standard InChI is InChI=1S/C11H16ClN3O/c1-8-7-15(2-3-16-8)11-10(12)4-9(5-13)6-14-11/h4,6,8H,2-3,5,7,13H2,1H3. The number of morpholine rings is 1. The van der Waals surface area contributed by atoms with Crippen LogP contribution in [0.15, 0.2) is 12.3 Å². The zero-order valence-electron chi connectivity index (χ0n) is 9.32. The highest BCUT2D eigenvalue weighted by molar-refractivity contribution is 6.33. The summed E-state index contributed by atoms with van der Waals surface area (Å²) in [7, 11) is 0. The zero-order valence-corrected chi connectivity index (χ0v) is 10.1. The summed E-state index contributed by atoms with van der Waals surface area (Å²) in [5.41, 5.74) is 6.49. The van der Waals surface area contributed by atoms with Gasteiger partial charge >= 0.3 is 0 Å². The molecule has 1 atom stereocenters. The Bertz CT molecular complexity index is 372. The van der Waals surface area contributed by atoms with E-state index in [1.807, 2.05) is 13.0 Å². The minimum atomic E-state index is 0.223. The van der Waals surface area contributed by atoms with E-state index in [0.29, 0.717) is 11.6 Å². The minimum absolute atomic E-state index is 0.223. The first-order valence-electron chi connectivity index (χ1n) is 5.41. The molecule has 0 aliphatic carbocycles. The maximum Gasteiger partial charge on any atom is 0.147 e. The van der Waals surface area contributed by atoms with Crippen LogP contribution in [-0.2, 0) is 11.3 Å². The van der Waals surface area contributed by atoms with Crippen molar-refractivity contribution in [1.82, 2.24) is 4.98 Å². The summed E-state index contributed by atoms with van der Waals surface area (Å²) in [6, 6.07) is 1.88. The second-order valence-corrected chi connectivity index (χ2v) is 4.39. The van der Waals surface area contributed by atoms with Crippen LogP contribution in [0, 0.1) is 0 Å². The Kier molecular flexibility index (Phi) is 3.63. The van der Waals surface area contributed by atoms with Gasteiger partial charge in [-0.15, -0.1) is 0 Å². The second-order valence-electron chi connectivity index (χ2n) is 3.98. The van der Waals surface area contributed by atoms with Crippen LogP contribution >= 0.6 is 11.6 Å². The van der Waals surface area contributed by atoms with Gasteiger partial charge in [0.2, 0.25) is 0 Å². The molecule has 5 heteroatoms. The molecule has 88 valence electrons. The fourth-order valence-corrected chi connectivity index (χ4v) is 2.13. The highest BCUT2D eigenvalue weighted by atomic mass is 35.5. The van der Waals surface area contributed by atoms with E-state index >= 15 is 0 Å². The Morgan fingerprint density at radius 1 is 1.69 bits per heavy atom. The summed E-state index contributed by atoms with van der Waals surface area (Å²) in [4.78, 5) is 6.52. The fraction of sp³-hybridized carbons (Fsp3) is 0.545. The lowest BCUT2D eigenvalue weighted by Crippen LogP contribution is -2.41. The van der Waals surface area contributed by atoms with Crippen molar-refractivity contribution in [3.63, 3.8) is 0 Å². The first-order valence-corrected chi connectivity index (χ1v) is 5.79. The maximum atomic E-state index is 6.19. The molecule has 0 amide bonds. The van der Waals surface area contributed by atoms with E-state index < -0.39 is 0 Å². The second kappa shape index (κ2) is 4.99. The average molecular weight is 242 g/mol. The molecule has 0 spiro atoms. The number of rotatable bonds is 2. The Hall–Kier alpha value is -0.840. The largest absolute Gasteiger partial charge is 0.375 e. The van der Waals surface area contributed by atoms with Crippen LogP contribution in [0.5, 0.6) is 0 Å². The maximum absolute atomic E-state index is 6.19. The summed E-state index contributed by atoms with van der Waals surface area (Å²) < 4.78 is 5.48. The summed E-state index contributed by atoms with van der Waals surface area (Å²) in [5, 5.41) is 0.664. The van der Waals surface area contributed by atoms with Gasteiger partial charge in [0.25, 0.3) is 0 Å². The van der Waals surface area contributed by atoms with Gasteiger partial charge in [-0.1, -0.05) is 11.6 Å². The molecular formula is C11H16ClN3O. The van der Waals surface area contributed by atoms with Crippen molar-refractivity contribution in [3.05, 3.63) is 22.8 Å². The number of nitrogens with zero attached hydrogens (tertiary/aromatic N) is 2. The molecule has 16 heavy (non-hydrogen) atoms. The number of hydrogen-bond acceptors (Lipinski definition) is 4. The van der Waals surface area contributed by atoms with Crippen molar-refractivity contribution in [2.24, 2.45) is 5.73 Å².